The number of piperidine rings is 4. The van der Waals surface area contributed by atoms with Crippen LogP contribution in [-0.2, 0) is 4.79 Å². The van der Waals surface area contributed by atoms with E-state index in [1.807, 2.05) is 0 Å². The highest BCUT2D eigenvalue weighted by molar-refractivity contribution is 5.77. The van der Waals surface area contributed by atoms with E-state index in [1.54, 1.807) is 0 Å². The smallest absolute Gasteiger partial charge is 0.222 e. The van der Waals surface area contributed by atoms with E-state index in [0.29, 0.717) is 11.9 Å². The molecule has 0 unspecified atom stereocenters. The van der Waals surface area contributed by atoms with Crippen molar-refractivity contribution in [2.75, 3.05) is 26.7 Å². The Kier molecular flexibility index (Phi) is 2.70. The zero-order chi connectivity index (χ0) is 13.0. The molecule has 0 spiro atoms. The van der Waals surface area contributed by atoms with E-state index >= 15 is 0 Å². The molecule has 0 radical (unpaired) electrons. The van der Waals surface area contributed by atoms with E-state index in [2.05, 4.69) is 11.9 Å². The summed E-state index contributed by atoms with van der Waals surface area (Å²) in [6.45, 7) is 3.86. The first-order chi connectivity index (χ1) is 9.19. The molecule has 3 nitrogen and oxygen atoms in total. The number of amides is 1. The highest BCUT2D eigenvalue weighted by atomic mass is 16.2. The van der Waals surface area contributed by atoms with Gasteiger partial charge in [0.1, 0.15) is 0 Å². The average molecular weight is 263 g/mol. The lowest BCUT2D eigenvalue weighted by Crippen LogP contribution is -2.72. The van der Waals surface area contributed by atoms with Crippen molar-refractivity contribution in [3.63, 3.8) is 0 Å². The van der Waals surface area contributed by atoms with Crippen LogP contribution in [0.1, 0.15) is 44.9 Å². The zero-order valence-corrected chi connectivity index (χ0v) is 12.2. The molecule has 0 aromatic heterocycles. The van der Waals surface area contributed by atoms with Crippen molar-refractivity contribution in [1.29, 1.82) is 0 Å². The van der Waals surface area contributed by atoms with Gasteiger partial charge in [-0.1, -0.05) is 0 Å². The Labute approximate surface area is 116 Å². The van der Waals surface area contributed by atoms with E-state index in [-0.39, 0.29) is 0 Å². The summed E-state index contributed by atoms with van der Waals surface area (Å²) >= 11 is 0. The maximum Gasteiger partial charge on any atom is 0.222 e. The van der Waals surface area contributed by atoms with Gasteiger partial charge in [-0.05, 0) is 38.5 Å². The molecule has 3 heteroatoms. The number of nitrogens with zero attached hydrogens (tertiary/aromatic N) is 2. The molecule has 4 aliphatic rings. The molecule has 4 aliphatic heterocycles. The SMILES string of the molecule is C[N@+]12CCC[C@@H]3CN4C(=O)CCC[C@@H]4[C@@H](CCC1)[C@H]32. The molecule has 4 fully saturated rings. The standard InChI is InChI=1S/C16H27N2O/c1-18-9-3-5-12-11-17-14(7-2-8-15(17)19)13(16(12)18)6-4-10-18/h12-14,16H,2-11H2,1H3/q+1/t12-,13-,14-,16+,18+/m1/s1. The average Bonchev–Trinajstić information content (AvgIpc) is 2.40. The third-order valence-corrected chi connectivity index (χ3v) is 6.63. The van der Waals surface area contributed by atoms with Gasteiger partial charge in [0.15, 0.2) is 0 Å². The van der Waals surface area contributed by atoms with Crippen LogP contribution in [0, 0.1) is 11.8 Å². The van der Waals surface area contributed by atoms with Crippen LogP contribution < -0.4 is 0 Å². The van der Waals surface area contributed by atoms with Crippen molar-refractivity contribution in [3.8, 4) is 0 Å². The highest BCUT2D eigenvalue weighted by Crippen LogP contribution is 2.47. The molecule has 0 saturated carbocycles. The van der Waals surface area contributed by atoms with Crippen LogP contribution in [-0.4, -0.2) is 54.1 Å². The Bertz CT molecular complexity index is 392. The van der Waals surface area contributed by atoms with Gasteiger partial charge < -0.3 is 9.38 Å². The summed E-state index contributed by atoms with van der Waals surface area (Å²) in [5.74, 6) is 2.06. The van der Waals surface area contributed by atoms with Gasteiger partial charge in [-0.2, -0.15) is 0 Å². The summed E-state index contributed by atoms with van der Waals surface area (Å²) < 4.78 is 1.33. The van der Waals surface area contributed by atoms with Crippen molar-refractivity contribution in [2.45, 2.75) is 57.0 Å². The van der Waals surface area contributed by atoms with Crippen LogP contribution in [0.25, 0.3) is 0 Å². The Balaban J connectivity index is 1.69. The molecule has 4 heterocycles. The van der Waals surface area contributed by atoms with Gasteiger partial charge in [0.05, 0.1) is 26.2 Å². The van der Waals surface area contributed by atoms with Crippen molar-refractivity contribution in [2.24, 2.45) is 11.8 Å². The van der Waals surface area contributed by atoms with E-state index in [4.69, 9.17) is 0 Å². The molecular formula is C16H27N2O+. The van der Waals surface area contributed by atoms with Crippen molar-refractivity contribution in [3.05, 3.63) is 0 Å². The summed E-state index contributed by atoms with van der Waals surface area (Å²) in [6.07, 6.45) is 8.72. The summed E-state index contributed by atoms with van der Waals surface area (Å²) in [5, 5.41) is 0. The molecule has 0 aromatic carbocycles. The second-order valence-electron chi connectivity index (χ2n) is 7.63. The summed E-state index contributed by atoms with van der Waals surface area (Å²) in [5.41, 5.74) is 0. The van der Waals surface area contributed by atoms with Crippen molar-refractivity contribution >= 4 is 5.91 Å². The van der Waals surface area contributed by atoms with Gasteiger partial charge in [0, 0.05) is 30.8 Å². The van der Waals surface area contributed by atoms with Crippen LogP contribution in [0.2, 0.25) is 0 Å². The minimum atomic E-state index is 0.458. The van der Waals surface area contributed by atoms with Gasteiger partial charge in [0.25, 0.3) is 0 Å². The fourth-order valence-corrected chi connectivity index (χ4v) is 5.98. The molecule has 4 rings (SSSR count). The lowest BCUT2D eigenvalue weighted by atomic mass is 9.67. The maximum absolute atomic E-state index is 12.3. The van der Waals surface area contributed by atoms with Gasteiger partial charge >= 0.3 is 0 Å². The lowest BCUT2D eigenvalue weighted by Gasteiger charge is -2.61. The van der Waals surface area contributed by atoms with E-state index in [9.17, 15) is 4.79 Å². The maximum atomic E-state index is 12.3. The highest BCUT2D eigenvalue weighted by Gasteiger charge is 2.56. The van der Waals surface area contributed by atoms with Crippen molar-refractivity contribution < 1.29 is 9.28 Å². The van der Waals surface area contributed by atoms with Crippen LogP contribution >= 0.6 is 0 Å². The van der Waals surface area contributed by atoms with Gasteiger partial charge in [-0.25, -0.2) is 0 Å². The normalized spacial score (nSPS) is 49.5. The Morgan fingerprint density at radius 2 is 1.89 bits per heavy atom. The predicted octanol–water partition coefficient (Wildman–Crippen LogP) is 2.02. The molecule has 5 atom stereocenters. The minimum Gasteiger partial charge on any atom is -0.339 e. The predicted molar refractivity (Wildman–Crippen MR) is 74.5 cm³/mol. The van der Waals surface area contributed by atoms with E-state index < -0.39 is 0 Å². The summed E-state index contributed by atoms with van der Waals surface area (Å²) in [7, 11) is 2.50. The zero-order valence-electron chi connectivity index (χ0n) is 12.2. The first-order valence-electron chi connectivity index (χ1n) is 8.33. The molecule has 106 valence electrons. The lowest BCUT2D eigenvalue weighted by molar-refractivity contribution is -0.952. The Hall–Kier alpha value is -0.570. The summed E-state index contributed by atoms with van der Waals surface area (Å²) in [6, 6.07) is 1.47. The summed E-state index contributed by atoms with van der Waals surface area (Å²) in [4.78, 5) is 14.6. The van der Waals surface area contributed by atoms with Crippen LogP contribution in [0.5, 0.6) is 0 Å². The van der Waals surface area contributed by atoms with Crippen LogP contribution in [0.15, 0.2) is 0 Å². The van der Waals surface area contributed by atoms with E-state index in [1.165, 1.54) is 49.7 Å². The second-order valence-corrected chi connectivity index (χ2v) is 7.63. The largest absolute Gasteiger partial charge is 0.339 e. The molecular weight excluding hydrogens is 236 g/mol. The molecule has 0 N–H and O–H groups in total. The molecule has 19 heavy (non-hydrogen) atoms. The second kappa shape index (κ2) is 4.21. The topological polar surface area (TPSA) is 20.3 Å². The number of fused-ring (bicyclic) bond motifs is 2. The Morgan fingerprint density at radius 3 is 2.74 bits per heavy atom. The van der Waals surface area contributed by atoms with Gasteiger partial charge in [-0.3, -0.25) is 4.79 Å². The number of rotatable bonds is 0. The quantitative estimate of drug-likeness (QED) is 0.612. The molecule has 0 bridgehead atoms. The van der Waals surface area contributed by atoms with Crippen LogP contribution in [0.3, 0.4) is 0 Å². The fourth-order valence-electron chi connectivity index (χ4n) is 5.98. The number of hydrogen-bond donors (Lipinski definition) is 0. The monoisotopic (exact) mass is 263 g/mol. The van der Waals surface area contributed by atoms with Crippen LogP contribution in [0.4, 0.5) is 0 Å². The third kappa shape index (κ3) is 1.70. The molecule has 0 aromatic rings. The number of hydrogen-bond acceptors (Lipinski definition) is 1. The van der Waals surface area contributed by atoms with E-state index in [0.717, 1.165) is 37.3 Å². The van der Waals surface area contributed by atoms with Gasteiger partial charge in [-0.15, -0.1) is 0 Å². The fraction of sp³-hybridized carbons (Fsp3) is 0.938. The number of carbonyl (C=O) groups is 1. The molecule has 0 aliphatic carbocycles. The van der Waals surface area contributed by atoms with Crippen molar-refractivity contribution in [1.82, 2.24) is 4.90 Å². The molecule has 1 amide bonds. The Morgan fingerprint density at radius 1 is 1.11 bits per heavy atom. The first kappa shape index (κ1) is 12.2. The first-order valence-corrected chi connectivity index (χ1v) is 8.33. The number of carbonyl (C=O) groups excluding carboxylic acids is 1. The number of quaternary nitrogens is 1. The molecule has 4 saturated heterocycles. The minimum absolute atomic E-state index is 0.458. The third-order valence-electron chi connectivity index (χ3n) is 6.63. The van der Waals surface area contributed by atoms with Gasteiger partial charge in [0.2, 0.25) is 5.91 Å².